The van der Waals surface area contributed by atoms with Gasteiger partial charge in [-0.3, -0.25) is 19.4 Å². The lowest BCUT2D eigenvalue weighted by Crippen LogP contribution is -2.52. The second-order valence-corrected chi connectivity index (χ2v) is 8.54. The summed E-state index contributed by atoms with van der Waals surface area (Å²) in [7, 11) is 0. The van der Waals surface area contributed by atoms with E-state index in [0.717, 1.165) is 42.7 Å². The molecule has 0 saturated carbocycles. The number of carbonyl (C=O) groups excluding carboxylic acids is 2. The molecule has 3 heterocycles. The number of amides is 2. The van der Waals surface area contributed by atoms with Crippen molar-refractivity contribution >= 4 is 53.2 Å². The van der Waals surface area contributed by atoms with E-state index < -0.39 is 0 Å². The van der Waals surface area contributed by atoms with Crippen LogP contribution in [0.25, 0.3) is 10.9 Å². The number of fused-ring (bicyclic) bond motifs is 1. The number of halogens is 2. The zero-order chi connectivity index (χ0) is 23.3. The molecule has 5 rings (SSSR count). The molecule has 0 radical (unpaired) electrons. The minimum absolute atomic E-state index is 0. The number of benzene rings is 2. The number of piperazine rings is 1. The number of imidazole rings is 1. The summed E-state index contributed by atoms with van der Waals surface area (Å²) >= 11 is 0. The Balaban J connectivity index is 0.00000180. The number of H-pyrrole nitrogens is 2. The largest absolute Gasteiger partial charge is 0.361 e. The van der Waals surface area contributed by atoms with Crippen molar-refractivity contribution in [1.82, 2.24) is 24.8 Å². The summed E-state index contributed by atoms with van der Waals surface area (Å²) < 4.78 is 0. The van der Waals surface area contributed by atoms with Gasteiger partial charge in [-0.15, -0.1) is 24.8 Å². The van der Waals surface area contributed by atoms with E-state index in [4.69, 9.17) is 0 Å². The van der Waals surface area contributed by atoms with Crippen LogP contribution in [-0.2, 0) is 11.2 Å². The molecular weight excluding hydrogens is 499 g/mol. The van der Waals surface area contributed by atoms with Crippen molar-refractivity contribution in [2.45, 2.75) is 6.42 Å². The molecule has 10 heteroatoms. The van der Waals surface area contributed by atoms with Gasteiger partial charge in [-0.1, -0.05) is 24.3 Å². The molecule has 0 unspecified atom stereocenters. The lowest BCUT2D eigenvalue weighted by Gasteiger charge is -2.35. The van der Waals surface area contributed by atoms with Crippen LogP contribution in [0.4, 0.5) is 5.69 Å². The van der Waals surface area contributed by atoms with E-state index in [1.165, 1.54) is 0 Å². The fraction of sp³-hybridized carbons (Fsp3) is 0.269. The number of nitrogens with zero attached hydrogens (tertiary/aromatic N) is 4. The maximum atomic E-state index is 13.5. The van der Waals surface area contributed by atoms with Gasteiger partial charge in [0.25, 0.3) is 5.91 Å². The van der Waals surface area contributed by atoms with Gasteiger partial charge in [0.05, 0.1) is 12.0 Å². The van der Waals surface area contributed by atoms with Crippen LogP contribution >= 0.6 is 24.8 Å². The highest BCUT2D eigenvalue weighted by Gasteiger charge is 2.26. The van der Waals surface area contributed by atoms with E-state index in [1.54, 1.807) is 11.2 Å². The lowest BCUT2D eigenvalue weighted by molar-refractivity contribution is -0.131. The molecule has 1 aliphatic heterocycles. The van der Waals surface area contributed by atoms with Crippen LogP contribution in [-0.4, -0.2) is 75.8 Å². The van der Waals surface area contributed by atoms with E-state index >= 15 is 0 Å². The zero-order valence-corrected chi connectivity index (χ0v) is 21.4. The van der Waals surface area contributed by atoms with Crippen molar-refractivity contribution in [3.63, 3.8) is 0 Å². The number of nitrogens with one attached hydrogen (secondary N) is 2. The van der Waals surface area contributed by atoms with E-state index in [9.17, 15) is 9.59 Å². The Hall–Kier alpha value is -3.33. The number of aromatic nitrogens is 3. The first-order valence-electron chi connectivity index (χ1n) is 11.6. The van der Waals surface area contributed by atoms with Crippen molar-refractivity contribution in [1.29, 1.82) is 0 Å². The first-order chi connectivity index (χ1) is 16.7. The van der Waals surface area contributed by atoms with Gasteiger partial charge in [0.15, 0.2) is 0 Å². The number of anilines is 1. The second kappa shape index (κ2) is 12.6. The van der Waals surface area contributed by atoms with Gasteiger partial charge in [-0.05, 0) is 35.7 Å². The zero-order valence-electron chi connectivity index (χ0n) is 19.8. The molecule has 0 spiro atoms. The van der Waals surface area contributed by atoms with Crippen molar-refractivity contribution in [2.75, 3.05) is 44.2 Å². The maximum absolute atomic E-state index is 13.5. The Labute approximate surface area is 222 Å². The molecule has 2 aromatic carbocycles. The van der Waals surface area contributed by atoms with Crippen LogP contribution < -0.4 is 4.90 Å². The van der Waals surface area contributed by atoms with Crippen molar-refractivity contribution in [2.24, 2.45) is 0 Å². The van der Waals surface area contributed by atoms with Crippen LogP contribution in [0.15, 0.2) is 73.3 Å². The minimum Gasteiger partial charge on any atom is -0.361 e. The summed E-state index contributed by atoms with van der Waals surface area (Å²) in [5.41, 5.74) is 3.21. The SMILES string of the molecule is Cl.Cl.O=C(CN(C(=O)c1ccc2cc[nH]c2c1)c1ccccc1)N1CCN(CCc2c[nH]cn2)CC1. The standard InChI is InChI=1S/C26H28N6O2.2ClH/c33-25(31-14-12-30(13-15-31)11-9-22-17-27-19-29-22)18-32(23-4-2-1-3-5-23)26(34)21-7-6-20-8-10-28-24(20)16-21;;/h1-8,10,16-17,19,28H,9,11-15,18H2,(H,27,29);2*1H. The van der Waals surface area contributed by atoms with E-state index in [2.05, 4.69) is 19.9 Å². The van der Waals surface area contributed by atoms with Crippen molar-refractivity contribution in [3.05, 3.63) is 84.6 Å². The van der Waals surface area contributed by atoms with Crippen LogP contribution in [0.2, 0.25) is 0 Å². The normalized spacial score (nSPS) is 13.6. The second-order valence-electron chi connectivity index (χ2n) is 8.54. The lowest BCUT2D eigenvalue weighted by atomic mass is 10.1. The van der Waals surface area contributed by atoms with E-state index in [0.29, 0.717) is 24.3 Å². The molecule has 1 fully saturated rings. The minimum atomic E-state index is -0.186. The van der Waals surface area contributed by atoms with Crippen LogP contribution in [0, 0.1) is 0 Å². The topological polar surface area (TPSA) is 88.3 Å². The maximum Gasteiger partial charge on any atom is 0.258 e. The van der Waals surface area contributed by atoms with E-state index in [-0.39, 0.29) is 43.2 Å². The molecule has 0 bridgehead atoms. The molecule has 4 aromatic rings. The predicted molar refractivity (Wildman–Crippen MR) is 146 cm³/mol. The van der Waals surface area contributed by atoms with Gasteiger partial charge in [0, 0.05) is 68.3 Å². The first-order valence-corrected chi connectivity index (χ1v) is 11.6. The average Bonchev–Trinajstić information content (AvgIpc) is 3.58. The van der Waals surface area contributed by atoms with Gasteiger partial charge >= 0.3 is 0 Å². The summed E-state index contributed by atoms with van der Waals surface area (Å²) in [5, 5.41) is 1.05. The molecule has 2 amide bonds. The fourth-order valence-electron chi connectivity index (χ4n) is 4.38. The molecular formula is C26H30Cl2N6O2. The van der Waals surface area contributed by atoms with Gasteiger partial charge < -0.3 is 14.9 Å². The highest BCUT2D eigenvalue weighted by molar-refractivity contribution is 6.10. The molecule has 1 aliphatic rings. The van der Waals surface area contributed by atoms with Gasteiger partial charge in [0.2, 0.25) is 5.91 Å². The van der Waals surface area contributed by atoms with Gasteiger partial charge in [-0.25, -0.2) is 4.98 Å². The molecule has 0 aliphatic carbocycles. The Morgan fingerprint density at radius 1 is 0.972 bits per heavy atom. The Morgan fingerprint density at radius 3 is 2.47 bits per heavy atom. The number of para-hydroxylation sites is 1. The van der Waals surface area contributed by atoms with Crippen molar-refractivity contribution < 1.29 is 9.59 Å². The van der Waals surface area contributed by atoms with Crippen molar-refractivity contribution in [3.8, 4) is 0 Å². The Bertz CT molecular complexity index is 1250. The average molecular weight is 529 g/mol. The number of hydrogen-bond acceptors (Lipinski definition) is 4. The third-order valence-corrected chi connectivity index (χ3v) is 6.37. The molecule has 2 aromatic heterocycles. The Kier molecular flexibility index (Phi) is 9.52. The van der Waals surface area contributed by atoms with Gasteiger partial charge in [-0.2, -0.15) is 0 Å². The fourth-order valence-corrected chi connectivity index (χ4v) is 4.38. The van der Waals surface area contributed by atoms with Gasteiger partial charge in [0.1, 0.15) is 6.54 Å². The molecule has 1 saturated heterocycles. The van der Waals surface area contributed by atoms with E-state index in [1.807, 2.05) is 71.9 Å². The third-order valence-electron chi connectivity index (χ3n) is 6.37. The molecule has 0 atom stereocenters. The van der Waals surface area contributed by atoms with Crippen LogP contribution in [0.3, 0.4) is 0 Å². The molecule has 2 N–H and O–H groups in total. The summed E-state index contributed by atoms with van der Waals surface area (Å²) in [6.07, 6.45) is 6.36. The number of rotatable bonds is 7. The third kappa shape index (κ3) is 6.26. The van der Waals surface area contributed by atoms with Crippen LogP contribution in [0.1, 0.15) is 16.1 Å². The molecule has 36 heavy (non-hydrogen) atoms. The summed E-state index contributed by atoms with van der Waals surface area (Å²) in [6, 6.07) is 17.0. The number of hydrogen-bond donors (Lipinski definition) is 2. The highest BCUT2D eigenvalue weighted by Crippen LogP contribution is 2.20. The Morgan fingerprint density at radius 2 is 1.75 bits per heavy atom. The highest BCUT2D eigenvalue weighted by atomic mass is 35.5. The first kappa shape index (κ1) is 27.3. The summed E-state index contributed by atoms with van der Waals surface area (Å²) in [6.45, 7) is 3.88. The predicted octanol–water partition coefficient (Wildman–Crippen LogP) is 3.77. The number of carbonyl (C=O) groups is 2. The quantitative estimate of drug-likeness (QED) is 0.382. The summed E-state index contributed by atoms with van der Waals surface area (Å²) in [5.74, 6) is -0.223. The van der Waals surface area contributed by atoms with Crippen LogP contribution in [0.5, 0.6) is 0 Å². The molecule has 8 nitrogen and oxygen atoms in total. The smallest absolute Gasteiger partial charge is 0.258 e. The monoisotopic (exact) mass is 528 g/mol. The number of aromatic amines is 2. The summed E-state index contributed by atoms with van der Waals surface area (Å²) in [4.78, 5) is 42.9. The molecule has 190 valence electrons.